The minimum absolute atomic E-state index is 0.435. The molecule has 1 amide bonds. The molecule has 11 heavy (non-hydrogen) atoms. The zero-order valence-corrected chi connectivity index (χ0v) is 7.21. The lowest BCUT2D eigenvalue weighted by molar-refractivity contribution is 0.235. The monoisotopic (exact) mass is 204 g/mol. The van der Waals surface area contributed by atoms with E-state index in [1.165, 1.54) is 7.05 Å². The summed E-state index contributed by atoms with van der Waals surface area (Å²) in [6, 6.07) is 0. The van der Waals surface area contributed by atoms with Gasteiger partial charge in [-0.3, -0.25) is 18.9 Å². The van der Waals surface area contributed by atoms with E-state index in [4.69, 9.17) is 23.4 Å². The second-order valence-corrected chi connectivity index (χ2v) is 2.62. The van der Waals surface area contributed by atoms with E-state index in [1.54, 1.807) is 0 Å². The molecule has 0 radical (unpaired) electrons. The van der Waals surface area contributed by atoms with Crippen LogP contribution in [0, 0.1) is 0 Å². The predicted octanol–water partition coefficient (Wildman–Crippen LogP) is -0.811. The Labute approximate surface area is 69.1 Å². The van der Waals surface area contributed by atoms with Crippen molar-refractivity contribution in [2.24, 2.45) is 5.84 Å². The van der Waals surface area contributed by atoms with Gasteiger partial charge < -0.3 is 0 Å². The Bertz CT molecular complexity index is 201. The highest BCUT2D eigenvalue weighted by Crippen LogP contribution is 1.79. The smallest absolute Gasteiger partial charge is 0.275 e. The summed E-state index contributed by atoms with van der Waals surface area (Å²) in [5.41, 5.74) is 0. The van der Waals surface area contributed by atoms with Crippen LogP contribution in [0.15, 0.2) is 0 Å². The molecule has 9 heteroatoms. The summed E-state index contributed by atoms with van der Waals surface area (Å²) in [5, 5.41) is 0.457. The van der Waals surface area contributed by atoms with Gasteiger partial charge >= 0.3 is 10.4 Å². The number of amides is 1. The van der Waals surface area contributed by atoms with E-state index >= 15 is 0 Å². The van der Waals surface area contributed by atoms with Crippen LogP contribution in [0.1, 0.15) is 0 Å². The normalized spacial score (nSPS) is 9.55. The second kappa shape index (κ2) is 5.32. The lowest BCUT2D eigenvalue weighted by Crippen LogP contribution is -2.27. The zero-order valence-electron chi connectivity index (χ0n) is 5.50. The summed E-state index contributed by atoms with van der Waals surface area (Å²) in [5.74, 6) is 4.84. The summed E-state index contributed by atoms with van der Waals surface area (Å²) in [4.78, 5) is 9.81. The molecule has 68 valence electrons. The highest BCUT2D eigenvalue weighted by atomic mass is 32.3. The summed E-state index contributed by atoms with van der Waals surface area (Å²) in [6.07, 6.45) is 0. The SMILES string of the molecule is CN(N)C(=O)S.O=S(=O)(O)O. The number of rotatable bonds is 0. The van der Waals surface area contributed by atoms with Crippen molar-refractivity contribution in [3.8, 4) is 0 Å². The largest absolute Gasteiger partial charge is 0.394 e. The number of carbonyl (C=O) groups excluding carboxylic acids is 1. The topological polar surface area (TPSA) is 121 Å². The molecule has 0 saturated carbocycles. The average molecular weight is 204 g/mol. The van der Waals surface area contributed by atoms with Gasteiger partial charge in [-0.05, 0) is 0 Å². The highest BCUT2D eigenvalue weighted by Gasteiger charge is 1.89. The van der Waals surface area contributed by atoms with Crippen LogP contribution in [0.5, 0.6) is 0 Å². The van der Waals surface area contributed by atoms with Gasteiger partial charge in [-0.25, -0.2) is 5.84 Å². The molecular formula is C2H8N2O5S2. The number of carbonyl (C=O) groups is 1. The quantitative estimate of drug-likeness (QED) is 0.135. The zero-order chi connectivity index (χ0) is 9.65. The molecule has 0 aromatic carbocycles. The van der Waals surface area contributed by atoms with Crippen LogP contribution < -0.4 is 5.84 Å². The van der Waals surface area contributed by atoms with Crippen LogP contribution in [0.25, 0.3) is 0 Å². The molecule has 0 unspecified atom stereocenters. The van der Waals surface area contributed by atoms with Gasteiger partial charge in [0.2, 0.25) is 0 Å². The third kappa shape index (κ3) is 42.4. The van der Waals surface area contributed by atoms with Crippen molar-refractivity contribution >= 4 is 28.3 Å². The van der Waals surface area contributed by atoms with Crippen LogP contribution in [0.4, 0.5) is 4.79 Å². The van der Waals surface area contributed by atoms with E-state index < -0.39 is 15.6 Å². The maximum atomic E-state index is 9.81. The number of hydrogen-bond acceptors (Lipinski definition) is 4. The maximum absolute atomic E-state index is 9.81. The number of nitrogens with two attached hydrogens (primary N) is 1. The Kier molecular flexibility index (Phi) is 6.41. The molecule has 0 fully saturated rings. The first-order valence-electron chi connectivity index (χ1n) is 2.06. The molecule has 0 heterocycles. The van der Waals surface area contributed by atoms with Crippen LogP contribution in [-0.4, -0.2) is 34.8 Å². The molecule has 7 nitrogen and oxygen atoms in total. The van der Waals surface area contributed by atoms with Crippen molar-refractivity contribution in [3.63, 3.8) is 0 Å². The lowest BCUT2D eigenvalue weighted by atomic mass is 11.1. The number of hydrazine groups is 1. The first-order valence-corrected chi connectivity index (χ1v) is 3.90. The van der Waals surface area contributed by atoms with Gasteiger partial charge in [-0.15, -0.1) is 0 Å². The van der Waals surface area contributed by atoms with E-state index in [0.717, 1.165) is 5.01 Å². The minimum atomic E-state index is -4.67. The van der Waals surface area contributed by atoms with Gasteiger partial charge in [0.1, 0.15) is 0 Å². The Balaban J connectivity index is 0. The van der Waals surface area contributed by atoms with Crippen molar-refractivity contribution in [1.82, 2.24) is 5.01 Å². The summed E-state index contributed by atoms with van der Waals surface area (Å²) in [6.45, 7) is 0. The van der Waals surface area contributed by atoms with Gasteiger partial charge in [-0.2, -0.15) is 8.42 Å². The molecule has 4 N–H and O–H groups in total. The van der Waals surface area contributed by atoms with E-state index in [2.05, 4.69) is 12.6 Å². The fourth-order valence-electron chi connectivity index (χ4n) is 0. The molecule has 0 saturated heterocycles. The highest BCUT2D eigenvalue weighted by molar-refractivity contribution is 7.96. The first kappa shape index (κ1) is 13.3. The van der Waals surface area contributed by atoms with Crippen LogP contribution in [-0.2, 0) is 10.4 Å². The number of thiol groups is 1. The fraction of sp³-hybridized carbons (Fsp3) is 0.500. The first-order chi connectivity index (χ1) is 4.64. The van der Waals surface area contributed by atoms with Gasteiger partial charge in [0.05, 0.1) is 0 Å². The van der Waals surface area contributed by atoms with Crippen molar-refractivity contribution in [3.05, 3.63) is 0 Å². The van der Waals surface area contributed by atoms with Gasteiger partial charge in [0, 0.05) is 7.05 Å². The van der Waals surface area contributed by atoms with E-state index in [1.807, 2.05) is 0 Å². The summed E-state index contributed by atoms with van der Waals surface area (Å²) >= 11 is 3.35. The number of nitrogens with zero attached hydrogens (tertiary/aromatic N) is 1. The standard InChI is InChI=1S/C2H6N2OS.H2O4S/c1-4(3)2(5)6;1-5(2,3)4/h3H2,1H3,(H,5,6);(H2,1,2,3,4). The molecule has 0 aromatic rings. The third-order valence-electron chi connectivity index (χ3n) is 0.302. The minimum Gasteiger partial charge on any atom is -0.275 e. The molecule has 0 spiro atoms. The fourth-order valence-corrected chi connectivity index (χ4v) is 0. The Morgan fingerprint density at radius 3 is 1.64 bits per heavy atom. The molecule has 0 bridgehead atoms. The number of hydrogen-bond donors (Lipinski definition) is 4. The summed E-state index contributed by atoms with van der Waals surface area (Å²) in [7, 11) is -3.24. The van der Waals surface area contributed by atoms with E-state index in [0.29, 0.717) is 0 Å². The molecule has 0 aliphatic rings. The molecule has 0 atom stereocenters. The van der Waals surface area contributed by atoms with E-state index in [9.17, 15) is 4.79 Å². The van der Waals surface area contributed by atoms with Crippen LogP contribution in [0.3, 0.4) is 0 Å². The van der Waals surface area contributed by atoms with Crippen LogP contribution in [0.2, 0.25) is 0 Å². The third-order valence-corrected chi connectivity index (χ3v) is 0.617. The maximum Gasteiger partial charge on any atom is 0.394 e. The Hall–Kier alpha value is -0.350. The summed E-state index contributed by atoms with van der Waals surface area (Å²) < 4.78 is 31.6. The van der Waals surface area contributed by atoms with Crippen molar-refractivity contribution in [1.29, 1.82) is 0 Å². The molecule has 0 rings (SSSR count). The lowest BCUT2D eigenvalue weighted by Gasteiger charge is -2.00. The molecule has 0 aliphatic carbocycles. The second-order valence-electron chi connectivity index (χ2n) is 1.34. The van der Waals surface area contributed by atoms with Gasteiger partial charge in [-0.1, -0.05) is 12.6 Å². The van der Waals surface area contributed by atoms with E-state index in [-0.39, 0.29) is 0 Å². The van der Waals surface area contributed by atoms with Crippen LogP contribution >= 0.6 is 12.6 Å². The molecular weight excluding hydrogens is 196 g/mol. The molecule has 0 aliphatic heterocycles. The van der Waals surface area contributed by atoms with Crippen molar-refractivity contribution in [2.45, 2.75) is 0 Å². The van der Waals surface area contributed by atoms with Crippen molar-refractivity contribution < 1.29 is 22.3 Å². The molecule has 0 aromatic heterocycles. The predicted molar refractivity (Wildman–Crippen MR) is 40.5 cm³/mol. The van der Waals surface area contributed by atoms with Gasteiger partial charge in [0.15, 0.2) is 0 Å². The van der Waals surface area contributed by atoms with Crippen molar-refractivity contribution in [2.75, 3.05) is 7.05 Å². The Morgan fingerprint density at radius 2 is 1.64 bits per heavy atom. The average Bonchev–Trinajstić information content (AvgIpc) is 1.59. The van der Waals surface area contributed by atoms with Gasteiger partial charge in [0.25, 0.3) is 5.24 Å². The Morgan fingerprint density at radius 1 is 1.55 bits per heavy atom.